The van der Waals surface area contributed by atoms with Crippen LogP contribution in [0.25, 0.3) is 0 Å². The van der Waals surface area contributed by atoms with E-state index >= 15 is 0 Å². The van der Waals surface area contributed by atoms with Gasteiger partial charge >= 0.3 is 0 Å². The summed E-state index contributed by atoms with van der Waals surface area (Å²) in [6, 6.07) is 0. The molecule has 1 aromatic rings. The fourth-order valence-corrected chi connectivity index (χ4v) is 1.57. The lowest BCUT2D eigenvalue weighted by Gasteiger charge is -1.98. The van der Waals surface area contributed by atoms with Gasteiger partial charge in [0.15, 0.2) is 5.13 Å². The number of thiocarbonyl (C=S) groups is 1. The summed E-state index contributed by atoms with van der Waals surface area (Å²) in [5.41, 5.74) is 6.09. The molecule has 0 saturated carbocycles. The maximum absolute atomic E-state index is 11.1. The molecule has 0 fully saturated rings. The summed E-state index contributed by atoms with van der Waals surface area (Å²) in [5.74, 6) is -0.221. The van der Waals surface area contributed by atoms with E-state index in [4.69, 9.17) is 5.73 Å². The molecule has 0 radical (unpaired) electrons. The van der Waals surface area contributed by atoms with Gasteiger partial charge in [-0.05, 0) is 6.92 Å². The summed E-state index contributed by atoms with van der Waals surface area (Å²) >= 11 is 5.97. The minimum absolute atomic E-state index is 0.0635. The van der Waals surface area contributed by atoms with Crippen LogP contribution in [0, 0.1) is 6.92 Å². The summed E-state index contributed by atoms with van der Waals surface area (Å²) in [6.45, 7) is 1.86. The zero-order valence-corrected chi connectivity index (χ0v) is 8.67. The molecule has 0 saturated heterocycles. The standard InChI is InChI=1S/C7H9N3OS2/c1-4-3-13-7(9-4)10-6(11)2-5(8)12/h3H,2H2,1H3,(H2,8,12)(H,9,10,11). The Balaban J connectivity index is 2.50. The van der Waals surface area contributed by atoms with Crippen LogP contribution in [-0.4, -0.2) is 15.9 Å². The predicted octanol–water partition coefficient (Wildman–Crippen LogP) is 1.07. The van der Waals surface area contributed by atoms with Gasteiger partial charge in [-0.25, -0.2) is 4.98 Å². The van der Waals surface area contributed by atoms with Gasteiger partial charge in [0.2, 0.25) is 5.91 Å². The van der Waals surface area contributed by atoms with Gasteiger partial charge in [-0.3, -0.25) is 4.79 Å². The Morgan fingerprint density at radius 1 is 1.85 bits per heavy atom. The lowest BCUT2D eigenvalue weighted by molar-refractivity contribution is -0.115. The van der Waals surface area contributed by atoms with E-state index in [0.717, 1.165) is 5.69 Å². The number of rotatable bonds is 3. The van der Waals surface area contributed by atoms with Gasteiger partial charge in [0.05, 0.1) is 17.1 Å². The van der Waals surface area contributed by atoms with Crippen molar-refractivity contribution in [3.8, 4) is 0 Å². The number of nitrogens with one attached hydrogen (secondary N) is 1. The summed E-state index contributed by atoms with van der Waals surface area (Å²) < 4.78 is 0. The highest BCUT2D eigenvalue weighted by Gasteiger charge is 2.05. The number of hydrogen-bond donors (Lipinski definition) is 2. The Labute approximate surface area is 85.2 Å². The SMILES string of the molecule is Cc1csc(NC(=O)CC(N)=S)n1. The molecule has 0 bridgehead atoms. The fraction of sp³-hybridized carbons (Fsp3) is 0.286. The third-order valence-corrected chi connectivity index (χ3v) is 2.22. The maximum Gasteiger partial charge on any atom is 0.232 e. The smallest absolute Gasteiger partial charge is 0.232 e. The monoisotopic (exact) mass is 215 g/mol. The summed E-state index contributed by atoms with van der Waals surface area (Å²) in [6.07, 6.45) is 0.0635. The molecular weight excluding hydrogens is 206 g/mol. The van der Waals surface area contributed by atoms with E-state index in [0.29, 0.717) is 5.13 Å². The lowest BCUT2D eigenvalue weighted by atomic mass is 10.4. The van der Waals surface area contributed by atoms with E-state index in [1.54, 1.807) is 0 Å². The average Bonchev–Trinajstić information content (AvgIpc) is 2.33. The molecule has 0 spiro atoms. The van der Waals surface area contributed by atoms with Crippen molar-refractivity contribution in [2.45, 2.75) is 13.3 Å². The van der Waals surface area contributed by atoms with Gasteiger partial charge in [0.1, 0.15) is 0 Å². The largest absolute Gasteiger partial charge is 0.393 e. The Bertz CT molecular complexity index is 334. The van der Waals surface area contributed by atoms with E-state index in [-0.39, 0.29) is 17.3 Å². The van der Waals surface area contributed by atoms with Crippen LogP contribution in [0.3, 0.4) is 0 Å². The van der Waals surface area contributed by atoms with E-state index in [9.17, 15) is 4.79 Å². The zero-order chi connectivity index (χ0) is 9.84. The van der Waals surface area contributed by atoms with Gasteiger partial charge in [-0.15, -0.1) is 11.3 Å². The fourth-order valence-electron chi connectivity index (χ4n) is 0.733. The number of amides is 1. The summed E-state index contributed by atoms with van der Waals surface area (Å²) in [7, 11) is 0. The first kappa shape index (κ1) is 10.1. The van der Waals surface area contributed by atoms with Crippen LogP contribution in [0.2, 0.25) is 0 Å². The third kappa shape index (κ3) is 3.47. The van der Waals surface area contributed by atoms with Gasteiger partial charge in [0.25, 0.3) is 0 Å². The quantitative estimate of drug-likeness (QED) is 0.740. The number of aryl methyl sites for hydroxylation is 1. The molecule has 4 nitrogen and oxygen atoms in total. The second-order valence-electron chi connectivity index (χ2n) is 2.49. The van der Waals surface area contributed by atoms with Crippen LogP contribution in [0.4, 0.5) is 5.13 Å². The highest BCUT2D eigenvalue weighted by molar-refractivity contribution is 7.80. The van der Waals surface area contributed by atoms with E-state index in [2.05, 4.69) is 22.5 Å². The van der Waals surface area contributed by atoms with E-state index < -0.39 is 0 Å². The van der Waals surface area contributed by atoms with Crippen LogP contribution < -0.4 is 11.1 Å². The van der Waals surface area contributed by atoms with Crippen molar-refractivity contribution in [1.29, 1.82) is 0 Å². The molecule has 0 aliphatic rings. The van der Waals surface area contributed by atoms with Gasteiger partial charge in [-0.1, -0.05) is 12.2 Å². The Hall–Kier alpha value is -1.01. The second-order valence-corrected chi connectivity index (χ2v) is 3.87. The minimum atomic E-state index is -0.221. The molecular formula is C7H9N3OS2. The van der Waals surface area contributed by atoms with Crippen molar-refractivity contribution in [3.63, 3.8) is 0 Å². The number of thiazole rings is 1. The molecule has 0 aliphatic carbocycles. The van der Waals surface area contributed by atoms with Crippen molar-refractivity contribution >= 4 is 39.6 Å². The van der Waals surface area contributed by atoms with Crippen molar-refractivity contribution in [2.24, 2.45) is 5.73 Å². The van der Waals surface area contributed by atoms with E-state index in [1.165, 1.54) is 11.3 Å². The number of nitrogens with two attached hydrogens (primary N) is 1. The third-order valence-electron chi connectivity index (χ3n) is 1.20. The summed E-state index contributed by atoms with van der Waals surface area (Å²) in [5, 5.41) is 5.03. The minimum Gasteiger partial charge on any atom is -0.393 e. The van der Waals surface area contributed by atoms with Crippen molar-refractivity contribution in [1.82, 2.24) is 4.98 Å². The first-order chi connectivity index (χ1) is 6.08. The molecule has 1 rings (SSSR count). The predicted molar refractivity (Wildman–Crippen MR) is 56.9 cm³/mol. The van der Waals surface area contributed by atoms with Crippen LogP contribution in [0.5, 0.6) is 0 Å². The van der Waals surface area contributed by atoms with Crippen LogP contribution in [0.1, 0.15) is 12.1 Å². The molecule has 1 amide bonds. The molecule has 6 heteroatoms. The normalized spacial score (nSPS) is 9.62. The number of hydrogen-bond acceptors (Lipinski definition) is 4. The molecule has 3 N–H and O–H groups in total. The maximum atomic E-state index is 11.1. The molecule has 0 atom stereocenters. The van der Waals surface area contributed by atoms with Crippen molar-refractivity contribution in [2.75, 3.05) is 5.32 Å². The van der Waals surface area contributed by atoms with Crippen LogP contribution >= 0.6 is 23.6 Å². The van der Waals surface area contributed by atoms with Gasteiger partial charge < -0.3 is 11.1 Å². The van der Waals surface area contributed by atoms with E-state index in [1.807, 2.05) is 12.3 Å². The van der Waals surface area contributed by atoms with Crippen molar-refractivity contribution in [3.05, 3.63) is 11.1 Å². The van der Waals surface area contributed by atoms with Crippen LogP contribution in [0.15, 0.2) is 5.38 Å². The molecule has 13 heavy (non-hydrogen) atoms. The first-order valence-electron chi connectivity index (χ1n) is 3.58. The number of aromatic nitrogens is 1. The summed E-state index contributed by atoms with van der Waals surface area (Å²) in [4.78, 5) is 15.4. The average molecular weight is 215 g/mol. The molecule has 0 aliphatic heterocycles. The van der Waals surface area contributed by atoms with Crippen molar-refractivity contribution < 1.29 is 4.79 Å². The number of anilines is 1. The Morgan fingerprint density at radius 3 is 3.00 bits per heavy atom. The van der Waals surface area contributed by atoms with Gasteiger partial charge in [-0.2, -0.15) is 0 Å². The second kappa shape index (κ2) is 4.29. The first-order valence-corrected chi connectivity index (χ1v) is 4.87. The molecule has 0 unspecified atom stereocenters. The zero-order valence-electron chi connectivity index (χ0n) is 7.03. The Kier molecular flexibility index (Phi) is 3.32. The topological polar surface area (TPSA) is 68.0 Å². The highest BCUT2D eigenvalue weighted by Crippen LogP contribution is 2.14. The molecule has 0 aromatic carbocycles. The number of carbonyl (C=O) groups is 1. The molecule has 1 heterocycles. The molecule has 1 aromatic heterocycles. The Morgan fingerprint density at radius 2 is 2.54 bits per heavy atom. The highest BCUT2D eigenvalue weighted by atomic mass is 32.1. The number of carbonyl (C=O) groups excluding carboxylic acids is 1. The lowest BCUT2D eigenvalue weighted by Crippen LogP contribution is -2.19. The van der Waals surface area contributed by atoms with Crippen LogP contribution in [-0.2, 0) is 4.79 Å². The molecule has 70 valence electrons. The van der Waals surface area contributed by atoms with Gasteiger partial charge in [0, 0.05) is 5.38 Å². The number of nitrogens with zero attached hydrogens (tertiary/aromatic N) is 1.